The molecule has 11 heavy (non-hydrogen) atoms. The third-order valence-electron chi connectivity index (χ3n) is 2.32. The van der Waals surface area contributed by atoms with Gasteiger partial charge in [-0.15, -0.1) is 0 Å². The predicted octanol–water partition coefficient (Wildman–Crippen LogP) is 2.48. The van der Waals surface area contributed by atoms with E-state index in [1.54, 1.807) is 0 Å². The van der Waals surface area contributed by atoms with Crippen LogP contribution in [0.4, 0.5) is 0 Å². The maximum absolute atomic E-state index is 9.34. The van der Waals surface area contributed by atoms with Crippen LogP contribution >= 0.6 is 0 Å². The minimum atomic E-state index is 0. The summed E-state index contributed by atoms with van der Waals surface area (Å²) in [5.74, 6) is 0. The number of hydrogen-bond donors (Lipinski definition) is 1. The Morgan fingerprint density at radius 2 is 1.09 bits per heavy atom. The Labute approximate surface area is 83.8 Å². The van der Waals surface area contributed by atoms with E-state index < -0.39 is 0 Å². The Hall–Kier alpha value is 0.648. The summed E-state index contributed by atoms with van der Waals surface area (Å²) >= 11 is 0. The number of hydrogen-bond acceptors (Lipinski definition) is 1. The fraction of sp³-hybridized carbons (Fsp3) is 1.00. The first-order chi connectivity index (χ1) is 4.89. The summed E-state index contributed by atoms with van der Waals surface area (Å²) in [6.07, 6.45) is 9.99. The maximum atomic E-state index is 9.34. The number of aliphatic hydroxyl groups is 1. The summed E-state index contributed by atoms with van der Waals surface area (Å²) < 4.78 is 0. The van der Waals surface area contributed by atoms with Gasteiger partial charge in [-0.3, -0.25) is 0 Å². The minimum Gasteiger partial charge on any atom is -0.393 e. The summed E-state index contributed by atoms with van der Waals surface area (Å²) in [6.45, 7) is 0. The van der Waals surface area contributed by atoms with E-state index >= 15 is 0 Å². The normalized spacial score (nSPS) is 22.6. The summed E-state index contributed by atoms with van der Waals surface area (Å²) in [5, 5.41) is 9.34. The van der Waals surface area contributed by atoms with Gasteiger partial charge in [-0.2, -0.15) is 0 Å². The molecule has 1 fully saturated rings. The van der Waals surface area contributed by atoms with Gasteiger partial charge < -0.3 is 5.11 Å². The third kappa shape index (κ3) is 5.87. The average Bonchev–Trinajstić information content (AvgIpc) is 2.02. The van der Waals surface area contributed by atoms with Crippen molar-refractivity contribution in [2.24, 2.45) is 0 Å². The first kappa shape index (κ1) is 11.6. The second-order valence-electron chi connectivity index (χ2n) is 3.35. The van der Waals surface area contributed by atoms with Crippen LogP contribution in [0.25, 0.3) is 0 Å². The first-order valence-corrected chi connectivity index (χ1v) is 4.57. The predicted molar refractivity (Wildman–Crippen MR) is 42.9 cm³/mol. The van der Waals surface area contributed by atoms with Crippen LogP contribution < -0.4 is 0 Å². The van der Waals surface area contributed by atoms with Crippen molar-refractivity contribution in [2.45, 2.75) is 57.5 Å². The monoisotopic (exact) mass is 326 g/mol. The van der Waals surface area contributed by atoms with Crippen molar-refractivity contribution in [3.8, 4) is 0 Å². The molecule has 0 heterocycles. The van der Waals surface area contributed by atoms with Crippen LogP contribution in [0.5, 0.6) is 0 Å². The van der Waals surface area contributed by atoms with E-state index in [0.717, 1.165) is 12.8 Å². The standard InChI is InChI=1S/C9H18O.W/c10-9-7-5-3-1-2-4-6-8-9;/h9-10H,1-8H2;. The molecule has 1 saturated carbocycles. The molecule has 0 aromatic carbocycles. The van der Waals surface area contributed by atoms with Crippen LogP contribution in [-0.2, 0) is 21.1 Å². The summed E-state index contributed by atoms with van der Waals surface area (Å²) in [6, 6.07) is 0. The molecule has 0 amide bonds. The maximum Gasteiger partial charge on any atom is 0.0540 e. The molecule has 0 bridgehead atoms. The second kappa shape index (κ2) is 7.31. The molecule has 0 saturated heterocycles. The molecular formula is C9H18OW. The van der Waals surface area contributed by atoms with Gasteiger partial charge >= 0.3 is 0 Å². The van der Waals surface area contributed by atoms with Crippen molar-refractivity contribution in [1.82, 2.24) is 0 Å². The zero-order chi connectivity index (χ0) is 7.23. The van der Waals surface area contributed by atoms with Crippen LogP contribution in [0, 0.1) is 0 Å². The van der Waals surface area contributed by atoms with E-state index in [0.29, 0.717) is 0 Å². The molecule has 1 aliphatic carbocycles. The largest absolute Gasteiger partial charge is 0.393 e. The first-order valence-electron chi connectivity index (χ1n) is 4.57. The molecule has 1 aliphatic rings. The minimum absolute atomic E-state index is 0. The van der Waals surface area contributed by atoms with Crippen LogP contribution in [0.1, 0.15) is 51.4 Å². The Morgan fingerprint density at radius 1 is 0.727 bits per heavy atom. The molecule has 0 spiro atoms. The van der Waals surface area contributed by atoms with Crippen LogP contribution in [0.15, 0.2) is 0 Å². The molecule has 1 N–H and O–H groups in total. The molecule has 0 unspecified atom stereocenters. The van der Waals surface area contributed by atoms with E-state index in [-0.39, 0.29) is 27.2 Å². The second-order valence-corrected chi connectivity index (χ2v) is 3.35. The summed E-state index contributed by atoms with van der Waals surface area (Å²) in [5.41, 5.74) is 0. The van der Waals surface area contributed by atoms with Crippen LogP contribution in [0.3, 0.4) is 0 Å². The van der Waals surface area contributed by atoms with Crippen molar-refractivity contribution in [1.29, 1.82) is 0 Å². The van der Waals surface area contributed by atoms with Gasteiger partial charge in [0.2, 0.25) is 0 Å². The van der Waals surface area contributed by atoms with Crippen molar-refractivity contribution in [3.05, 3.63) is 0 Å². The van der Waals surface area contributed by atoms with Crippen molar-refractivity contribution in [2.75, 3.05) is 0 Å². The number of rotatable bonds is 0. The molecule has 1 rings (SSSR count). The van der Waals surface area contributed by atoms with Crippen molar-refractivity contribution >= 4 is 0 Å². The zero-order valence-corrected chi connectivity index (χ0v) is 10.0. The zero-order valence-electron chi connectivity index (χ0n) is 7.09. The average molecular weight is 326 g/mol. The van der Waals surface area contributed by atoms with Crippen molar-refractivity contribution in [3.63, 3.8) is 0 Å². The third-order valence-corrected chi connectivity index (χ3v) is 2.32. The van der Waals surface area contributed by atoms with Gasteiger partial charge in [0.15, 0.2) is 0 Å². The number of aliphatic hydroxyl groups excluding tert-OH is 1. The SMILES string of the molecule is OC1CCCCCCCC1.[W]. The smallest absolute Gasteiger partial charge is 0.0540 e. The Bertz CT molecular complexity index is 75.6. The van der Waals surface area contributed by atoms with E-state index in [4.69, 9.17) is 0 Å². The van der Waals surface area contributed by atoms with Gasteiger partial charge in [-0.25, -0.2) is 0 Å². The summed E-state index contributed by atoms with van der Waals surface area (Å²) in [4.78, 5) is 0. The van der Waals surface area contributed by atoms with E-state index in [1.807, 2.05) is 0 Å². The van der Waals surface area contributed by atoms with E-state index in [2.05, 4.69) is 0 Å². The van der Waals surface area contributed by atoms with Gasteiger partial charge in [-0.1, -0.05) is 38.5 Å². The molecule has 0 radical (unpaired) electrons. The van der Waals surface area contributed by atoms with Crippen molar-refractivity contribution < 1.29 is 26.2 Å². The Balaban J connectivity index is 0.000001000. The molecule has 0 atom stereocenters. The fourth-order valence-electron chi connectivity index (χ4n) is 1.61. The quantitative estimate of drug-likeness (QED) is 0.725. The molecule has 1 nitrogen and oxygen atoms in total. The molecule has 0 aliphatic heterocycles. The molecule has 66 valence electrons. The van der Waals surface area contributed by atoms with Gasteiger partial charge in [0.1, 0.15) is 0 Å². The van der Waals surface area contributed by atoms with E-state index in [9.17, 15) is 5.11 Å². The summed E-state index contributed by atoms with van der Waals surface area (Å²) in [7, 11) is 0. The van der Waals surface area contributed by atoms with Gasteiger partial charge in [0.25, 0.3) is 0 Å². The Morgan fingerprint density at radius 3 is 1.55 bits per heavy atom. The fourth-order valence-corrected chi connectivity index (χ4v) is 1.61. The molecule has 0 aromatic rings. The van der Waals surface area contributed by atoms with Gasteiger partial charge in [-0.05, 0) is 12.8 Å². The Kier molecular flexibility index (Phi) is 7.74. The van der Waals surface area contributed by atoms with Gasteiger partial charge in [0, 0.05) is 21.1 Å². The van der Waals surface area contributed by atoms with Crippen LogP contribution in [-0.4, -0.2) is 11.2 Å². The topological polar surface area (TPSA) is 20.2 Å². The molecule has 0 aromatic heterocycles. The van der Waals surface area contributed by atoms with Crippen LogP contribution in [0.2, 0.25) is 0 Å². The van der Waals surface area contributed by atoms with E-state index in [1.165, 1.54) is 38.5 Å². The molecule has 2 heteroatoms. The van der Waals surface area contributed by atoms with Gasteiger partial charge in [0.05, 0.1) is 6.10 Å². The molecular weight excluding hydrogens is 308 g/mol.